The van der Waals surface area contributed by atoms with Gasteiger partial charge >= 0.3 is 0 Å². The van der Waals surface area contributed by atoms with E-state index in [4.69, 9.17) is 0 Å². The van der Waals surface area contributed by atoms with Gasteiger partial charge in [-0.2, -0.15) is 0 Å². The van der Waals surface area contributed by atoms with Gasteiger partial charge in [0.2, 0.25) is 10.0 Å². The molecule has 6 heteroatoms. The van der Waals surface area contributed by atoms with Crippen LogP contribution in [0.3, 0.4) is 0 Å². The minimum Gasteiger partial charge on any atom is -0.211 e. The first-order chi connectivity index (χ1) is 9.49. The van der Waals surface area contributed by atoms with Gasteiger partial charge in [-0.15, -0.1) is 0 Å². The third-order valence-electron chi connectivity index (χ3n) is 3.74. The molecule has 0 amide bonds. The molecule has 1 aliphatic rings. The fraction of sp³-hybridized carbons (Fsp3) is 0.571. The Labute approximate surface area is 128 Å². The van der Waals surface area contributed by atoms with E-state index in [1.54, 1.807) is 0 Å². The Bertz CT molecular complexity index is 556. The van der Waals surface area contributed by atoms with Crippen molar-refractivity contribution in [2.24, 2.45) is 5.92 Å². The Hall–Kier alpha value is -0.460. The van der Waals surface area contributed by atoms with Crippen molar-refractivity contribution in [1.29, 1.82) is 0 Å². The molecule has 0 heterocycles. The quantitative estimate of drug-likeness (QED) is 0.780. The normalized spacial score (nSPS) is 16.7. The van der Waals surface area contributed by atoms with Crippen molar-refractivity contribution in [1.82, 2.24) is 4.72 Å². The number of hydrogen-bond donors (Lipinski definition) is 1. The minimum absolute atomic E-state index is 0.0831. The summed E-state index contributed by atoms with van der Waals surface area (Å²) < 4.78 is 40.0. The first-order valence-electron chi connectivity index (χ1n) is 6.94. The predicted octanol–water partition coefficient (Wildman–Crippen LogP) is 3.84. The molecule has 112 valence electrons. The Kier molecular flexibility index (Phi) is 5.57. The van der Waals surface area contributed by atoms with Gasteiger partial charge in [-0.1, -0.05) is 25.7 Å². The van der Waals surface area contributed by atoms with Crippen LogP contribution in [0.2, 0.25) is 0 Å². The summed E-state index contributed by atoms with van der Waals surface area (Å²) in [6.07, 6.45) is 7.08. The van der Waals surface area contributed by atoms with Gasteiger partial charge in [-0.05, 0) is 52.9 Å². The van der Waals surface area contributed by atoms with Crippen molar-refractivity contribution in [2.45, 2.75) is 43.4 Å². The zero-order valence-electron chi connectivity index (χ0n) is 11.2. The highest BCUT2D eigenvalue weighted by Crippen LogP contribution is 2.28. The molecule has 0 bridgehead atoms. The molecule has 1 aromatic rings. The molecule has 0 atom stereocenters. The maximum atomic E-state index is 13.0. The zero-order valence-corrected chi connectivity index (χ0v) is 13.6. The van der Waals surface area contributed by atoms with Gasteiger partial charge in [0.25, 0.3) is 0 Å². The highest BCUT2D eigenvalue weighted by molar-refractivity contribution is 9.10. The molecule has 0 unspecified atom stereocenters. The molecule has 1 N–H and O–H groups in total. The molecule has 3 nitrogen and oxygen atoms in total. The zero-order chi connectivity index (χ0) is 14.6. The van der Waals surface area contributed by atoms with Crippen molar-refractivity contribution in [2.75, 3.05) is 6.54 Å². The van der Waals surface area contributed by atoms with Gasteiger partial charge in [0, 0.05) is 11.0 Å². The molecule has 0 spiro atoms. The van der Waals surface area contributed by atoms with Crippen molar-refractivity contribution in [3.05, 3.63) is 28.5 Å². The molecule has 2 rings (SSSR count). The highest BCUT2D eigenvalue weighted by atomic mass is 79.9. The van der Waals surface area contributed by atoms with Crippen LogP contribution in [-0.4, -0.2) is 15.0 Å². The average Bonchev–Trinajstić information content (AvgIpc) is 2.87. The van der Waals surface area contributed by atoms with Crippen LogP contribution in [-0.2, 0) is 10.0 Å². The second-order valence-corrected chi connectivity index (χ2v) is 7.85. The fourth-order valence-electron chi connectivity index (χ4n) is 2.67. The third-order valence-corrected chi connectivity index (χ3v) is 6.18. The highest BCUT2D eigenvalue weighted by Gasteiger charge is 2.18. The lowest BCUT2D eigenvalue weighted by atomic mass is 10.0. The SMILES string of the molecule is O=S(=O)(NCCCC1CCCC1)c1ccc(F)cc1Br. The van der Waals surface area contributed by atoms with E-state index >= 15 is 0 Å². The molecule has 0 aromatic heterocycles. The van der Waals surface area contributed by atoms with Gasteiger partial charge in [-0.3, -0.25) is 0 Å². The van der Waals surface area contributed by atoms with E-state index in [0.717, 1.165) is 30.9 Å². The van der Waals surface area contributed by atoms with E-state index < -0.39 is 15.8 Å². The average molecular weight is 364 g/mol. The number of benzene rings is 1. The lowest BCUT2D eigenvalue weighted by Crippen LogP contribution is -2.25. The van der Waals surface area contributed by atoms with E-state index in [0.29, 0.717) is 6.54 Å². The molecule has 1 saturated carbocycles. The predicted molar refractivity (Wildman–Crippen MR) is 80.5 cm³/mol. The summed E-state index contributed by atoms with van der Waals surface area (Å²) >= 11 is 3.09. The second-order valence-electron chi connectivity index (χ2n) is 5.27. The molecule has 1 fully saturated rings. The summed E-state index contributed by atoms with van der Waals surface area (Å²) in [6, 6.07) is 3.59. The topological polar surface area (TPSA) is 46.2 Å². The monoisotopic (exact) mass is 363 g/mol. The van der Waals surface area contributed by atoms with Gasteiger partial charge in [0.05, 0.1) is 4.90 Å². The molecule has 0 aliphatic heterocycles. The summed E-state index contributed by atoms with van der Waals surface area (Å²) in [4.78, 5) is 0.0831. The maximum Gasteiger partial charge on any atom is 0.241 e. The van der Waals surface area contributed by atoms with Crippen molar-refractivity contribution >= 4 is 26.0 Å². The number of nitrogens with one attached hydrogen (secondary N) is 1. The second kappa shape index (κ2) is 7.00. The fourth-order valence-corrected chi connectivity index (χ4v) is 4.79. The Balaban J connectivity index is 1.87. The summed E-state index contributed by atoms with van der Waals surface area (Å²) in [7, 11) is -3.57. The van der Waals surface area contributed by atoms with Crippen LogP contribution < -0.4 is 4.72 Å². The summed E-state index contributed by atoms with van der Waals surface area (Å²) in [5.41, 5.74) is 0. The van der Waals surface area contributed by atoms with Gasteiger partial charge in [0.1, 0.15) is 5.82 Å². The minimum atomic E-state index is -3.57. The van der Waals surface area contributed by atoms with Crippen LogP contribution >= 0.6 is 15.9 Å². The first-order valence-corrected chi connectivity index (χ1v) is 9.21. The van der Waals surface area contributed by atoms with E-state index in [1.165, 1.54) is 31.7 Å². The lowest BCUT2D eigenvalue weighted by Gasteiger charge is -2.10. The molecule has 20 heavy (non-hydrogen) atoms. The lowest BCUT2D eigenvalue weighted by molar-refractivity contribution is 0.480. The Morgan fingerprint density at radius 3 is 2.65 bits per heavy atom. The number of hydrogen-bond acceptors (Lipinski definition) is 2. The van der Waals surface area contributed by atoms with Crippen molar-refractivity contribution in [3.63, 3.8) is 0 Å². The van der Waals surface area contributed by atoms with E-state index in [-0.39, 0.29) is 9.37 Å². The molecule has 1 aliphatic carbocycles. The maximum absolute atomic E-state index is 13.0. The Morgan fingerprint density at radius 1 is 1.30 bits per heavy atom. The van der Waals surface area contributed by atoms with Crippen LogP contribution in [0.15, 0.2) is 27.6 Å². The molecule has 0 saturated heterocycles. The molecular formula is C14H19BrFNO2S. The number of halogens is 2. The largest absolute Gasteiger partial charge is 0.241 e. The van der Waals surface area contributed by atoms with Crippen LogP contribution in [0.4, 0.5) is 4.39 Å². The number of sulfonamides is 1. The standard InChI is InChI=1S/C14H19BrFNO2S/c15-13-10-12(16)7-8-14(13)20(18,19)17-9-3-6-11-4-1-2-5-11/h7-8,10-11,17H,1-6,9H2. The first kappa shape index (κ1) is 15.9. The Morgan fingerprint density at radius 2 is 2.00 bits per heavy atom. The van der Waals surface area contributed by atoms with Crippen molar-refractivity contribution in [3.8, 4) is 0 Å². The van der Waals surface area contributed by atoms with E-state index in [1.807, 2.05) is 0 Å². The summed E-state index contributed by atoms with van der Waals surface area (Å²) in [6.45, 7) is 0.433. The van der Waals surface area contributed by atoms with E-state index in [9.17, 15) is 12.8 Å². The number of rotatable bonds is 6. The van der Waals surface area contributed by atoms with Gasteiger partial charge in [-0.25, -0.2) is 17.5 Å². The molecule has 1 aromatic carbocycles. The van der Waals surface area contributed by atoms with E-state index in [2.05, 4.69) is 20.7 Å². The molecular weight excluding hydrogens is 345 g/mol. The van der Waals surface area contributed by atoms with Gasteiger partial charge < -0.3 is 0 Å². The van der Waals surface area contributed by atoms with Crippen LogP contribution in [0.5, 0.6) is 0 Å². The smallest absolute Gasteiger partial charge is 0.211 e. The van der Waals surface area contributed by atoms with Crippen LogP contribution in [0, 0.1) is 11.7 Å². The van der Waals surface area contributed by atoms with Gasteiger partial charge in [0.15, 0.2) is 0 Å². The summed E-state index contributed by atoms with van der Waals surface area (Å²) in [5, 5.41) is 0. The third kappa shape index (κ3) is 4.27. The van der Waals surface area contributed by atoms with Crippen molar-refractivity contribution < 1.29 is 12.8 Å². The van der Waals surface area contributed by atoms with Crippen LogP contribution in [0.1, 0.15) is 38.5 Å². The van der Waals surface area contributed by atoms with Crippen LogP contribution in [0.25, 0.3) is 0 Å². The summed E-state index contributed by atoms with van der Waals surface area (Å²) in [5.74, 6) is 0.300. The molecule has 0 radical (unpaired) electrons.